The molecule has 0 aliphatic carbocycles. The Labute approximate surface area is 102 Å². The van der Waals surface area contributed by atoms with Gasteiger partial charge >= 0.3 is 0 Å². The average Bonchev–Trinajstić information content (AvgIpc) is 2.41. The summed E-state index contributed by atoms with van der Waals surface area (Å²) in [7, 11) is 2.91. The van der Waals surface area contributed by atoms with Crippen LogP contribution in [0.4, 0.5) is 0 Å². The van der Waals surface area contributed by atoms with Crippen molar-refractivity contribution in [2.24, 2.45) is 0 Å². The van der Waals surface area contributed by atoms with E-state index in [1.165, 1.54) is 0 Å². The Kier molecular flexibility index (Phi) is 56.6. The van der Waals surface area contributed by atoms with Gasteiger partial charge in [0.25, 0.3) is 0 Å². The molecule has 0 amide bonds. The first-order chi connectivity index (χ1) is 7.81. The highest BCUT2D eigenvalue weighted by Gasteiger charge is 1.99. The van der Waals surface area contributed by atoms with Gasteiger partial charge in [0.2, 0.25) is 0 Å². The smallest absolute Gasteiger partial charge is 0.0770 e. The third-order valence-corrected chi connectivity index (χ3v) is 1.42. The molecule has 0 fully saturated rings. The highest BCUT2D eigenvalue weighted by Crippen LogP contribution is 1.98. The second-order valence-corrected chi connectivity index (χ2v) is 2.44. The molecule has 0 bridgehead atoms. The van der Waals surface area contributed by atoms with E-state index in [0.717, 1.165) is 26.5 Å². The Hall–Kier alpha value is -0.160. The average molecular weight is 239 g/mol. The van der Waals surface area contributed by atoms with Crippen LogP contribution < -0.4 is 5.32 Å². The van der Waals surface area contributed by atoms with Crippen molar-refractivity contribution in [2.45, 2.75) is 53.1 Å². The van der Waals surface area contributed by atoms with Crippen LogP contribution in [0.2, 0.25) is 0 Å². The largest absolute Gasteiger partial charge is 0.400 e. The first-order valence-corrected chi connectivity index (χ1v) is 6.19. The molecule has 1 atom stereocenters. The molecule has 0 aromatic rings. The summed E-state index contributed by atoms with van der Waals surface area (Å²) in [6, 6.07) is 0. The van der Waals surface area contributed by atoms with Crippen molar-refractivity contribution in [3.05, 3.63) is 0 Å². The summed E-state index contributed by atoms with van der Waals surface area (Å²) in [5.74, 6) is 0. The summed E-state index contributed by atoms with van der Waals surface area (Å²) in [6.45, 7) is 8.87. The van der Waals surface area contributed by atoms with E-state index in [-0.39, 0.29) is 6.61 Å². The molecule has 0 aromatic heterocycles. The van der Waals surface area contributed by atoms with E-state index in [0.29, 0.717) is 6.42 Å². The van der Waals surface area contributed by atoms with Gasteiger partial charge in [-0.15, -0.1) is 0 Å². The van der Waals surface area contributed by atoms with Gasteiger partial charge in [-0.1, -0.05) is 27.7 Å². The van der Waals surface area contributed by atoms with Gasteiger partial charge in [0.15, 0.2) is 0 Å². The minimum atomic E-state index is -0.517. The summed E-state index contributed by atoms with van der Waals surface area (Å²) in [5, 5.41) is 27.3. The first-order valence-electron chi connectivity index (χ1n) is 6.19. The number of aliphatic hydroxyl groups excluding tert-OH is 3. The lowest BCUT2D eigenvalue weighted by Gasteiger charge is -2.05. The van der Waals surface area contributed by atoms with Gasteiger partial charge in [0, 0.05) is 7.11 Å². The summed E-state index contributed by atoms with van der Waals surface area (Å²) >= 11 is 0. The van der Waals surface area contributed by atoms with Crippen LogP contribution >= 0.6 is 0 Å². The molecule has 0 radical (unpaired) electrons. The lowest BCUT2D eigenvalue weighted by molar-refractivity contribution is 0.0862. The van der Waals surface area contributed by atoms with Crippen molar-refractivity contribution < 1.29 is 15.3 Å². The van der Waals surface area contributed by atoms with E-state index in [4.69, 9.17) is 15.3 Å². The highest BCUT2D eigenvalue weighted by molar-refractivity contribution is 4.53. The second-order valence-electron chi connectivity index (χ2n) is 2.44. The van der Waals surface area contributed by atoms with E-state index >= 15 is 0 Å². The molecule has 0 heterocycles. The van der Waals surface area contributed by atoms with Crippen LogP contribution in [0.5, 0.6) is 0 Å². The van der Waals surface area contributed by atoms with E-state index in [1.54, 1.807) is 0 Å². The van der Waals surface area contributed by atoms with Gasteiger partial charge in [-0.25, -0.2) is 0 Å². The zero-order valence-corrected chi connectivity index (χ0v) is 12.0. The number of hydrogen-bond donors (Lipinski definition) is 4. The van der Waals surface area contributed by atoms with Crippen molar-refractivity contribution in [3.63, 3.8) is 0 Å². The fourth-order valence-corrected chi connectivity index (χ4v) is 0.773. The minimum Gasteiger partial charge on any atom is -0.400 e. The Morgan fingerprint density at radius 1 is 1.00 bits per heavy atom. The minimum absolute atomic E-state index is 0.112. The highest BCUT2D eigenvalue weighted by atomic mass is 16.3. The van der Waals surface area contributed by atoms with Crippen molar-refractivity contribution in [1.29, 1.82) is 0 Å². The van der Waals surface area contributed by atoms with Crippen molar-refractivity contribution in [3.8, 4) is 0 Å². The van der Waals surface area contributed by atoms with Gasteiger partial charge in [0.1, 0.15) is 0 Å². The van der Waals surface area contributed by atoms with Crippen LogP contribution in [0.15, 0.2) is 0 Å². The van der Waals surface area contributed by atoms with Gasteiger partial charge in [-0.3, -0.25) is 0 Å². The number of nitrogens with one attached hydrogen (secondary N) is 1. The molecule has 4 nitrogen and oxygen atoms in total. The zero-order valence-electron chi connectivity index (χ0n) is 12.0. The number of hydrogen-bond acceptors (Lipinski definition) is 4. The number of rotatable bonds is 6. The Bertz CT molecular complexity index is 73.3. The molecule has 0 aromatic carbocycles. The fourth-order valence-electron chi connectivity index (χ4n) is 0.773. The number of unbranched alkanes of at least 4 members (excludes halogenated alkanes) is 1. The fraction of sp³-hybridized carbons (Fsp3) is 1.00. The molecule has 1 unspecified atom stereocenters. The van der Waals surface area contributed by atoms with Gasteiger partial charge in [-0.05, 0) is 32.9 Å². The summed E-state index contributed by atoms with van der Waals surface area (Å²) < 4.78 is 0. The zero-order chi connectivity index (χ0) is 13.8. The van der Waals surface area contributed by atoms with E-state index in [1.807, 2.05) is 34.7 Å². The van der Waals surface area contributed by atoms with Crippen LogP contribution in [-0.2, 0) is 0 Å². The lowest BCUT2D eigenvalue weighted by Crippen LogP contribution is -2.13. The summed E-state index contributed by atoms with van der Waals surface area (Å²) in [4.78, 5) is 0. The Morgan fingerprint density at radius 2 is 1.44 bits per heavy atom. The SMILES string of the molecule is CC.CC.CNCCCCC(O)CO.CO. The molecular formula is C12H33NO3. The van der Waals surface area contributed by atoms with Gasteiger partial charge in [0.05, 0.1) is 12.7 Å². The Morgan fingerprint density at radius 3 is 1.75 bits per heavy atom. The van der Waals surface area contributed by atoms with Crippen LogP contribution in [-0.4, -0.2) is 48.7 Å². The second kappa shape index (κ2) is 36.4. The Balaban J connectivity index is -0.000000103. The lowest BCUT2D eigenvalue weighted by atomic mass is 10.1. The topological polar surface area (TPSA) is 72.7 Å². The maximum atomic E-state index is 8.89. The third kappa shape index (κ3) is 37.1. The van der Waals surface area contributed by atoms with Gasteiger partial charge < -0.3 is 20.6 Å². The molecule has 104 valence electrons. The molecule has 4 heteroatoms. The maximum absolute atomic E-state index is 8.89. The van der Waals surface area contributed by atoms with Crippen molar-refractivity contribution in [2.75, 3.05) is 27.3 Å². The molecule has 0 aliphatic rings. The van der Waals surface area contributed by atoms with E-state index < -0.39 is 6.10 Å². The molecule has 0 spiro atoms. The maximum Gasteiger partial charge on any atom is 0.0770 e. The molecule has 0 rings (SSSR count). The predicted molar refractivity (Wildman–Crippen MR) is 71.7 cm³/mol. The molecule has 0 saturated heterocycles. The van der Waals surface area contributed by atoms with Crippen molar-refractivity contribution >= 4 is 0 Å². The quantitative estimate of drug-likeness (QED) is 0.529. The molecule has 0 saturated carbocycles. The molecule has 16 heavy (non-hydrogen) atoms. The van der Waals surface area contributed by atoms with Crippen LogP contribution in [0.25, 0.3) is 0 Å². The standard InChI is InChI=1S/C7H17NO2.2C2H6.CH4O/c1-8-5-3-2-4-7(10)6-9;3*1-2/h7-10H,2-6H2,1H3;2*1-2H3;2H,1H3. The first kappa shape index (κ1) is 24.9. The van der Waals surface area contributed by atoms with Crippen LogP contribution in [0.1, 0.15) is 47.0 Å². The van der Waals surface area contributed by atoms with Crippen LogP contribution in [0, 0.1) is 0 Å². The van der Waals surface area contributed by atoms with Crippen LogP contribution in [0.3, 0.4) is 0 Å². The van der Waals surface area contributed by atoms with E-state index in [2.05, 4.69) is 5.32 Å². The summed E-state index contributed by atoms with van der Waals surface area (Å²) in [5.41, 5.74) is 0. The molecular weight excluding hydrogens is 206 g/mol. The predicted octanol–water partition coefficient (Wildman–Crippen LogP) is 1.39. The third-order valence-electron chi connectivity index (χ3n) is 1.42. The summed E-state index contributed by atoms with van der Waals surface area (Å²) in [6.07, 6.45) is 2.23. The van der Waals surface area contributed by atoms with E-state index in [9.17, 15) is 0 Å². The molecule has 0 aliphatic heterocycles. The van der Waals surface area contributed by atoms with Gasteiger partial charge in [-0.2, -0.15) is 0 Å². The normalized spacial score (nSPS) is 9.56. The monoisotopic (exact) mass is 239 g/mol. The van der Waals surface area contributed by atoms with Crippen molar-refractivity contribution in [1.82, 2.24) is 5.32 Å². The molecule has 4 N–H and O–H groups in total. The number of aliphatic hydroxyl groups is 3.